The Balaban J connectivity index is 1.67. The average molecular weight is 256 g/mol. The van der Waals surface area contributed by atoms with Crippen LogP contribution in [0.25, 0.3) is 0 Å². The molecule has 0 spiro atoms. The second kappa shape index (κ2) is 4.84. The van der Waals surface area contributed by atoms with E-state index in [0.29, 0.717) is 12.8 Å². The van der Waals surface area contributed by atoms with Crippen molar-refractivity contribution in [3.8, 4) is 0 Å². The van der Waals surface area contributed by atoms with Crippen LogP contribution >= 0.6 is 0 Å². The summed E-state index contributed by atoms with van der Waals surface area (Å²) in [6, 6.07) is 8.18. The van der Waals surface area contributed by atoms with Crippen molar-refractivity contribution in [2.24, 2.45) is 7.05 Å². The number of Topliss-reactive ketones (excluding diaryl/α,β-unsaturated/α-hetero) is 1. The molecule has 3 rings (SSSR count). The van der Waals surface area contributed by atoms with Crippen molar-refractivity contribution in [1.82, 2.24) is 14.8 Å². The molecule has 1 aromatic heterocycles. The quantitative estimate of drug-likeness (QED) is 0.901. The summed E-state index contributed by atoms with van der Waals surface area (Å²) in [5.41, 5.74) is 2.40. The monoisotopic (exact) mass is 256 g/mol. The first-order valence-electron chi connectivity index (χ1n) is 6.41. The van der Waals surface area contributed by atoms with Gasteiger partial charge in [-0.05, 0) is 11.6 Å². The molecule has 5 nitrogen and oxygen atoms in total. The fourth-order valence-corrected chi connectivity index (χ4v) is 2.54. The predicted molar refractivity (Wildman–Crippen MR) is 72.0 cm³/mol. The number of carbonyl (C=O) groups excluding carboxylic acids is 1. The largest absolute Gasteiger partial charge is 0.384 e. The van der Waals surface area contributed by atoms with E-state index < -0.39 is 0 Å². The van der Waals surface area contributed by atoms with Crippen molar-refractivity contribution in [1.29, 1.82) is 0 Å². The Bertz CT molecular complexity index is 605. The molecule has 1 aliphatic heterocycles. The fourth-order valence-electron chi connectivity index (χ4n) is 2.54. The molecule has 5 heteroatoms. The number of anilines is 1. The minimum Gasteiger partial charge on any atom is -0.384 e. The molecular weight excluding hydrogens is 240 g/mol. The number of aromatic nitrogens is 3. The van der Waals surface area contributed by atoms with Crippen LogP contribution in [0.15, 0.2) is 30.6 Å². The van der Waals surface area contributed by atoms with Gasteiger partial charge < -0.3 is 5.32 Å². The lowest BCUT2D eigenvalue weighted by Gasteiger charge is -2.08. The third-order valence-electron chi connectivity index (χ3n) is 3.57. The number of ketones is 1. The number of fused-ring (bicyclic) bond motifs is 1. The molecular formula is C14H16N4O. The Kier molecular flexibility index (Phi) is 3.03. The molecule has 2 aromatic rings. The summed E-state index contributed by atoms with van der Waals surface area (Å²) in [5.74, 6) is 1.21. The molecule has 0 amide bonds. The molecule has 0 aliphatic carbocycles. The van der Waals surface area contributed by atoms with Gasteiger partial charge in [0.05, 0.1) is 6.42 Å². The van der Waals surface area contributed by atoms with Crippen LogP contribution < -0.4 is 5.32 Å². The molecule has 0 saturated heterocycles. The Morgan fingerprint density at radius 1 is 1.47 bits per heavy atom. The summed E-state index contributed by atoms with van der Waals surface area (Å²) in [4.78, 5) is 16.2. The molecule has 1 aromatic carbocycles. The molecule has 1 unspecified atom stereocenters. The molecule has 0 fully saturated rings. The van der Waals surface area contributed by atoms with Crippen LogP contribution in [0.1, 0.15) is 23.7 Å². The minimum absolute atomic E-state index is 0.208. The van der Waals surface area contributed by atoms with Crippen LogP contribution in [-0.2, 0) is 18.3 Å². The predicted octanol–water partition coefficient (Wildman–Crippen LogP) is 1.53. The lowest BCUT2D eigenvalue weighted by molar-refractivity contribution is -0.118. The van der Waals surface area contributed by atoms with Gasteiger partial charge in [-0.2, -0.15) is 5.10 Å². The van der Waals surface area contributed by atoms with E-state index in [1.54, 1.807) is 4.68 Å². The molecule has 0 radical (unpaired) electrons. The van der Waals surface area contributed by atoms with Gasteiger partial charge in [0.25, 0.3) is 0 Å². The van der Waals surface area contributed by atoms with Crippen LogP contribution in [0.4, 0.5) is 5.69 Å². The molecule has 19 heavy (non-hydrogen) atoms. The number of nitrogens with zero attached hydrogens (tertiary/aromatic N) is 3. The number of carbonyl (C=O) groups is 1. The number of aryl methyl sites for hydroxylation is 1. The Hall–Kier alpha value is -2.17. The molecule has 0 saturated carbocycles. The zero-order valence-corrected chi connectivity index (χ0v) is 10.8. The maximum absolute atomic E-state index is 12.1. The second-order valence-electron chi connectivity index (χ2n) is 4.88. The van der Waals surface area contributed by atoms with E-state index in [1.807, 2.05) is 19.2 Å². The smallest absolute Gasteiger partial charge is 0.141 e. The molecule has 1 atom stereocenters. The molecule has 1 aliphatic rings. The summed E-state index contributed by atoms with van der Waals surface area (Å²) < 4.78 is 1.65. The van der Waals surface area contributed by atoms with Gasteiger partial charge in [-0.15, -0.1) is 0 Å². The van der Waals surface area contributed by atoms with E-state index in [2.05, 4.69) is 27.5 Å². The van der Waals surface area contributed by atoms with Gasteiger partial charge in [-0.3, -0.25) is 9.48 Å². The first-order valence-corrected chi connectivity index (χ1v) is 6.41. The SMILES string of the molecule is Cn1ncnc1CC(=O)CC1CNc2ccccc21. The first-order chi connectivity index (χ1) is 9.24. The van der Waals surface area contributed by atoms with Crippen LogP contribution in [0.5, 0.6) is 0 Å². The summed E-state index contributed by atoms with van der Waals surface area (Å²) in [7, 11) is 1.81. The van der Waals surface area contributed by atoms with Crippen molar-refractivity contribution in [2.45, 2.75) is 18.8 Å². The first kappa shape index (κ1) is 11.9. The van der Waals surface area contributed by atoms with Crippen LogP contribution in [0, 0.1) is 0 Å². The zero-order valence-electron chi connectivity index (χ0n) is 10.8. The van der Waals surface area contributed by atoms with Crippen molar-refractivity contribution in [2.75, 3.05) is 11.9 Å². The maximum Gasteiger partial charge on any atom is 0.141 e. The highest BCUT2D eigenvalue weighted by atomic mass is 16.1. The van der Waals surface area contributed by atoms with Gasteiger partial charge in [0.1, 0.15) is 17.9 Å². The van der Waals surface area contributed by atoms with E-state index >= 15 is 0 Å². The Morgan fingerprint density at radius 2 is 2.32 bits per heavy atom. The zero-order chi connectivity index (χ0) is 13.2. The third kappa shape index (κ3) is 2.36. The normalized spacial score (nSPS) is 17.0. The number of hydrogen-bond donors (Lipinski definition) is 1. The molecule has 1 N–H and O–H groups in total. The number of benzene rings is 1. The van der Waals surface area contributed by atoms with Crippen LogP contribution in [0.2, 0.25) is 0 Å². The summed E-state index contributed by atoms with van der Waals surface area (Å²) >= 11 is 0. The number of nitrogens with one attached hydrogen (secondary N) is 1. The standard InChI is InChI=1S/C14H16N4O/c1-18-14(16-9-17-18)7-11(19)6-10-8-15-13-5-3-2-4-12(10)13/h2-5,9-10,15H,6-8H2,1H3. The highest BCUT2D eigenvalue weighted by Gasteiger charge is 2.24. The van der Waals surface area contributed by atoms with Gasteiger partial charge in [-0.25, -0.2) is 4.98 Å². The number of para-hydroxylation sites is 1. The highest BCUT2D eigenvalue weighted by Crippen LogP contribution is 2.33. The summed E-state index contributed by atoms with van der Waals surface area (Å²) in [6.07, 6.45) is 2.39. The van der Waals surface area contributed by atoms with E-state index in [4.69, 9.17) is 0 Å². The lowest BCUT2D eigenvalue weighted by Crippen LogP contribution is -2.13. The maximum atomic E-state index is 12.1. The van der Waals surface area contributed by atoms with Crippen molar-refractivity contribution >= 4 is 11.5 Å². The van der Waals surface area contributed by atoms with Gasteiger partial charge in [0, 0.05) is 31.6 Å². The fraction of sp³-hybridized carbons (Fsp3) is 0.357. The van der Waals surface area contributed by atoms with Gasteiger partial charge in [0.15, 0.2) is 0 Å². The van der Waals surface area contributed by atoms with E-state index in [1.165, 1.54) is 11.9 Å². The van der Waals surface area contributed by atoms with Crippen LogP contribution in [0.3, 0.4) is 0 Å². The van der Waals surface area contributed by atoms with Gasteiger partial charge in [-0.1, -0.05) is 18.2 Å². The minimum atomic E-state index is 0.208. The average Bonchev–Trinajstić information content (AvgIpc) is 2.98. The Morgan fingerprint density at radius 3 is 3.11 bits per heavy atom. The Labute approximate surface area is 111 Å². The summed E-state index contributed by atoms with van der Waals surface area (Å²) in [5, 5.41) is 7.32. The number of rotatable bonds is 4. The molecule has 0 bridgehead atoms. The topological polar surface area (TPSA) is 59.8 Å². The van der Waals surface area contributed by atoms with Crippen molar-refractivity contribution < 1.29 is 4.79 Å². The number of hydrogen-bond acceptors (Lipinski definition) is 4. The summed E-state index contributed by atoms with van der Waals surface area (Å²) in [6.45, 7) is 0.837. The lowest BCUT2D eigenvalue weighted by atomic mass is 9.95. The van der Waals surface area contributed by atoms with E-state index in [9.17, 15) is 4.79 Å². The van der Waals surface area contributed by atoms with E-state index in [0.717, 1.165) is 18.1 Å². The van der Waals surface area contributed by atoms with Crippen molar-refractivity contribution in [3.63, 3.8) is 0 Å². The molecule has 2 heterocycles. The van der Waals surface area contributed by atoms with E-state index in [-0.39, 0.29) is 11.7 Å². The van der Waals surface area contributed by atoms with Gasteiger partial charge >= 0.3 is 0 Å². The second-order valence-corrected chi connectivity index (χ2v) is 4.88. The van der Waals surface area contributed by atoms with Gasteiger partial charge in [0.2, 0.25) is 0 Å². The van der Waals surface area contributed by atoms with Crippen LogP contribution in [-0.4, -0.2) is 27.1 Å². The molecule has 98 valence electrons. The highest BCUT2D eigenvalue weighted by molar-refractivity contribution is 5.81. The van der Waals surface area contributed by atoms with Crippen molar-refractivity contribution in [3.05, 3.63) is 42.0 Å². The third-order valence-corrected chi connectivity index (χ3v) is 3.57.